The molecule has 2 fully saturated rings. The Morgan fingerprint density at radius 2 is 1.22 bits per heavy atom. The van der Waals surface area contributed by atoms with Crippen molar-refractivity contribution >= 4 is 12.0 Å². The summed E-state index contributed by atoms with van der Waals surface area (Å²) in [4.78, 5) is 24.8. The fourth-order valence-electron chi connectivity index (χ4n) is 8.11. The lowest BCUT2D eigenvalue weighted by Crippen LogP contribution is -2.51. The molecule has 0 aromatic rings. The van der Waals surface area contributed by atoms with Gasteiger partial charge in [0, 0.05) is 19.5 Å². The summed E-state index contributed by atoms with van der Waals surface area (Å²) in [6.07, 6.45) is 9.76. The number of carbonyl (C=O) groups excluding carboxylic acids is 2. The Morgan fingerprint density at radius 1 is 0.765 bits per heavy atom. The average molecular weight is 721 g/mol. The maximum atomic E-state index is 12.4. The Labute approximate surface area is 310 Å². The number of nitrogens with zero attached hydrogens (tertiary/aromatic N) is 2. The highest BCUT2D eigenvalue weighted by Gasteiger charge is 2.44. The van der Waals surface area contributed by atoms with Crippen molar-refractivity contribution in [1.82, 2.24) is 10.6 Å². The summed E-state index contributed by atoms with van der Waals surface area (Å²) in [5, 5.41) is 23.6. The third-order valence-electron chi connectivity index (χ3n) is 10.1. The first-order chi connectivity index (χ1) is 23.1. The first-order valence-corrected chi connectivity index (χ1v) is 18.8. The van der Waals surface area contributed by atoms with E-state index in [9.17, 15) is 9.59 Å². The van der Waals surface area contributed by atoms with E-state index in [1.54, 1.807) is 13.8 Å². The van der Waals surface area contributed by atoms with Crippen molar-refractivity contribution in [3.05, 3.63) is 0 Å². The lowest BCUT2D eigenvalue weighted by atomic mass is 9.63. The van der Waals surface area contributed by atoms with Gasteiger partial charge in [0.15, 0.2) is 0 Å². The van der Waals surface area contributed by atoms with Gasteiger partial charge in [-0.2, -0.15) is 10.5 Å². The van der Waals surface area contributed by atoms with Gasteiger partial charge in [0.05, 0.1) is 18.3 Å². The molecule has 11 heteroatoms. The highest BCUT2D eigenvalue weighted by Crippen LogP contribution is 2.47. The molecule has 0 aromatic heterocycles. The number of nitrogens with one attached hydrogen (secondary N) is 2. The summed E-state index contributed by atoms with van der Waals surface area (Å²) >= 11 is 0. The lowest BCUT2D eigenvalue weighted by Gasteiger charge is -2.45. The molecular weight excluding hydrogens is 648 g/mol. The standard InChI is InChI=1S/C22H40N2O4.C18H32N2O3/c1-9-20(4,5)27-11-10-21(6,7)28-18(25)24-15-22(8)13-17(26-16-23)12-19(2,3)14-22;1-13(2)23-17(5,6)15(21)20-11-18(7)9-14(22-12-19)8-16(3,4)10-18/h17H,9-15H2,1-8H3,(H,24,25);13-14H,8-11H2,1-7H3,(H,20,21). The minimum Gasteiger partial charge on any atom is -0.443 e. The summed E-state index contributed by atoms with van der Waals surface area (Å²) < 4.78 is 27.6. The molecule has 0 radical (unpaired) electrons. The van der Waals surface area contributed by atoms with Crippen LogP contribution in [0.15, 0.2) is 0 Å². The van der Waals surface area contributed by atoms with Gasteiger partial charge in [0.25, 0.3) is 18.4 Å². The van der Waals surface area contributed by atoms with Crippen LogP contribution in [0.3, 0.4) is 0 Å². The van der Waals surface area contributed by atoms with Gasteiger partial charge in [-0.05, 0) is 122 Å². The van der Waals surface area contributed by atoms with E-state index in [4.69, 9.17) is 34.2 Å². The molecule has 294 valence electrons. The number of ether oxygens (including phenoxy) is 5. The first-order valence-electron chi connectivity index (χ1n) is 18.8. The fraction of sp³-hybridized carbons (Fsp3) is 0.900. The normalized spacial score (nSPS) is 26.0. The van der Waals surface area contributed by atoms with E-state index in [1.165, 1.54) is 0 Å². The summed E-state index contributed by atoms with van der Waals surface area (Å²) in [7, 11) is 0. The van der Waals surface area contributed by atoms with E-state index < -0.39 is 17.3 Å². The van der Waals surface area contributed by atoms with Crippen molar-refractivity contribution in [1.29, 1.82) is 10.5 Å². The monoisotopic (exact) mass is 721 g/mol. The van der Waals surface area contributed by atoms with Crippen molar-refractivity contribution < 1.29 is 33.3 Å². The van der Waals surface area contributed by atoms with Crippen LogP contribution >= 0.6 is 0 Å². The molecule has 2 rings (SSSR count). The summed E-state index contributed by atoms with van der Waals surface area (Å²) in [6.45, 7) is 32.0. The Balaban J connectivity index is 0.000000520. The fourth-order valence-corrected chi connectivity index (χ4v) is 8.11. The third-order valence-corrected chi connectivity index (χ3v) is 10.1. The molecule has 0 aliphatic heterocycles. The van der Waals surface area contributed by atoms with Crippen LogP contribution in [0.4, 0.5) is 4.79 Å². The molecule has 0 heterocycles. The van der Waals surface area contributed by atoms with Crippen molar-refractivity contribution in [3.63, 3.8) is 0 Å². The topological polar surface area (TPSA) is 152 Å². The van der Waals surface area contributed by atoms with Crippen LogP contribution in [-0.4, -0.2) is 66.8 Å². The molecule has 2 aliphatic carbocycles. The van der Waals surface area contributed by atoms with Gasteiger partial charge < -0.3 is 34.3 Å². The molecule has 11 nitrogen and oxygen atoms in total. The van der Waals surface area contributed by atoms with E-state index in [2.05, 4.69) is 72.9 Å². The quantitative estimate of drug-likeness (QED) is 0.159. The van der Waals surface area contributed by atoms with Gasteiger partial charge in [0.2, 0.25) is 0 Å². The van der Waals surface area contributed by atoms with Crippen molar-refractivity contribution in [2.45, 2.75) is 190 Å². The molecule has 2 amide bonds. The number of alkyl carbamates (subject to hydrolysis) is 1. The Hall–Kier alpha value is -2.76. The van der Waals surface area contributed by atoms with Gasteiger partial charge in [-0.15, -0.1) is 0 Å². The highest BCUT2D eigenvalue weighted by atomic mass is 16.6. The number of amides is 2. The van der Waals surface area contributed by atoms with Crippen molar-refractivity contribution in [2.24, 2.45) is 21.7 Å². The predicted molar refractivity (Wildman–Crippen MR) is 199 cm³/mol. The van der Waals surface area contributed by atoms with Crippen molar-refractivity contribution in [3.8, 4) is 12.5 Å². The van der Waals surface area contributed by atoms with Crippen LogP contribution < -0.4 is 10.6 Å². The lowest BCUT2D eigenvalue weighted by molar-refractivity contribution is -0.148. The molecule has 0 saturated heterocycles. The average Bonchev–Trinajstić information content (AvgIpc) is 2.92. The molecule has 2 N–H and O–H groups in total. The zero-order chi connectivity index (χ0) is 39.5. The zero-order valence-corrected chi connectivity index (χ0v) is 34.8. The second-order valence-electron chi connectivity index (χ2n) is 19.4. The zero-order valence-electron chi connectivity index (χ0n) is 34.8. The smallest absolute Gasteiger partial charge is 0.407 e. The predicted octanol–water partition coefficient (Wildman–Crippen LogP) is 8.56. The number of carbonyl (C=O) groups is 2. The summed E-state index contributed by atoms with van der Waals surface area (Å²) in [5.74, 6) is -0.103. The molecule has 4 atom stereocenters. The van der Waals surface area contributed by atoms with E-state index >= 15 is 0 Å². The molecule has 2 saturated carbocycles. The second kappa shape index (κ2) is 18.3. The number of rotatable bonds is 15. The van der Waals surface area contributed by atoms with Crippen LogP contribution in [0.1, 0.15) is 155 Å². The summed E-state index contributed by atoms with van der Waals surface area (Å²) in [6, 6.07) is 0. The van der Waals surface area contributed by atoms with Crippen molar-refractivity contribution in [2.75, 3.05) is 19.7 Å². The van der Waals surface area contributed by atoms with Gasteiger partial charge in [-0.1, -0.05) is 48.5 Å². The van der Waals surface area contributed by atoms with Gasteiger partial charge >= 0.3 is 6.09 Å². The Kier molecular flexibility index (Phi) is 16.6. The van der Waals surface area contributed by atoms with E-state index in [-0.39, 0.29) is 51.5 Å². The number of hydrogen-bond donors (Lipinski definition) is 2. The van der Waals surface area contributed by atoms with E-state index in [1.807, 2.05) is 40.2 Å². The number of nitriles is 2. The Bertz CT molecular complexity index is 1220. The molecule has 2 aliphatic rings. The molecular formula is C40H72N4O7. The van der Waals surface area contributed by atoms with E-state index in [0.29, 0.717) is 26.1 Å². The van der Waals surface area contributed by atoms with Gasteiger partial charge in [0.1, 0.15) is 23.4 Å². The third kappa shape index (κ3) is 17.5. The molecule has 0 bridgehead atoms. The van der Waals surface area contributed by atoms with Gasteiger partial charge in [-0.3, -0.25) is 4.79 Å². The summed E-state index contributed by atoms with van der Waals surface area (Å²) in [5.41, 5.74) is -1.70. The molecule has 0 spiro atoms. The minimum atomic E-state index is -0.850. The molecule has 51 heavy (non-hydrogen) atoms. The van der Waals surface area contributed by atoms with Crippen LogP contribution in [0.2, 0.25) is 0 Å². The largest absolute Gasteiger partial charge is 0.443 e. The number of hydrogen-bond acceptors (Lipinski definition) is 9. The first kappa shape index (κ1) is 46.3. The van der Waals surface area contributed by atoms with Crippen LogP contribution in [-0.2, 0) is 28.5 Å². The van der Waals surface area contributed by atoms with E-state index in [0.717, 1.165) is 44.9 Å². The van der Waals surface area contributed by atoms with Crippen LogP contribution in [0.25, 0.3) is 0 Å². The SMILES string of the molecule is CC(C)OC(C)(C)C(=O)NCC1(C)CC(OC#N)CC(C)(C)C1.CCC(C)(C)OCCC(C)(C)OC(=O)NCC1(C)CC(OC#N)CC(C)(C)C1. The Morgan fingerprint density at radius 3 is 1.63 bits per heavy atom. The maximum absolute atomic E-state index is 12.4. The molecule has 0 aromatic carbocycles. The van der Waals surface area contributed by atoms with Crippen LogP contribution in [0, 0.1) is 44.7 Å². The highest BCUT2D eigenvalue weighted by molar-refractivity contribution is 5.84. The molecule has 4 unspecified atom stereocenters. The minimum absolute atomic E-state index is 0.00615. The van der Waals surface area contributed by atoms with Gasteiger partial charge in [-0.25, -0.2) is 4.79 Å². The maximum Gasteiger partial charge on any atom is 0.407 e. The van der Waals surface area contributed by atoms with Crippen LogP contribution in [0.5, 0.6) is 0 Å². The second-order valence-corrected chi connectivity index (χ2v) is 19.4.